The summed E-state index contributed by atoms with van der Waals surface area (Å²) in [6.07, 6.45) is 1.08. The van der Waals surface area contributed by atoms with Crippen molar-refractivity contribution in [3.05, 3.63) is 58.6 Å². The minimum atomic E-state index is -3.41. The Kier molecular flexibility index (Phi) is 4.57. The van der Waals surface area contributed by atoms with Gasteiger partial charge in [-0.25, -0.2) is 12.8 Å². The van der Waals surface area contributed by atoms with Crippen LogP contribution in [0, 0.1) is 5.82 Å². The molecule has 0 radical (unpaired) electrons. The molecule has 130 valence electrons. The van der Waals surface area contributed by atoms with E-state index < -0.39 is 15.7 Å². The van der Waals surface area contributed by atoms with Gasteiger partial charge in [-0.3, -0.25) is 4.79 Å². The van der Waals surface area contributed by atoms with Gasteiger partial charge in [0.05, 0.1) is 15.1 Å². The standard InChI is InChI=1S/C17H15FN2O3S2/c1-3-20-14-8-7-12(18)10-15(14)24-17(20)19-16(21)11-5-4-6-13(9-11)25(2,22)23/h4-10H,3H2,1-2H3. The Bertz CT molecular complexity index is 1140. The summed E-state index contributed by atoms with van der Waals surface area (Å²) in [4.78, 5) is 17.1. The van der Waals surface area contributed by atoms with Gasteiger partial charge in [0.25, 0.3) is 5.91 Å². The number of thiazole rings is 1. The number of sulfone groups is 1. The van der Waals surface area contributed by atoms with Crippen LogP contribution in [-0.2, 0) is 16.4 Å². The first kappa shape index (κ1) is 17.5. The number of aryl methyl sites for hydroxylation is 1. The topological polar surface area (TPSA) is 68.5 Å². The molecule has 0 aliphatic rings. The molecule has 0 atom stereocenters. The van der Waals surface area contributed by atoms with E-state index in [0.29, 0.717) is 16.0 Å². The molecule has 3 aromatic rings. The summed E-state index contributed by atoms with van der Waals surface area (Å²) in [5, 5.41) is 0. The lowest BCUT2D eigenvalue weighted by molar-refractivity contribution is 0.0997. The highest BCUT2D eigenvalue weighted by Crippen LogP contribution is 2.19. The van der Waals surface area contributed by atoms with Gasteiger partial charge in [0.15, 0.2) is 14.6 Å². The second-order valence-electron chi connectivity index (χ2n) is 5.46. The van der Waals surface area contributed by atoms with Crippen molar-refractivity contribution < 1.29 is 17.6 Å². The van der Waals surface area contributed by atoms with Crippen LogP contribution in [0.25, 0.3) is 10.2 Å². The van der Waals surface area contributed by atoms with Crippen LogP contribution in [0.5, 0.6) is 0 Å². The molecule has 1 aromatic heterocycles. The van der Waals surface area contributed by atoms with Gasteiger partial charge >= 0.3 is 0 Å². The van der Waals surface area contributed by atoms with E-state index in [1.807, 2.05) is 11.5 Å². The molecule has 0 aliphatic heterocycles. The minimum absolute atomic E-state index is 0.0651. The first-order valence-corrected chi connectivity index (χ1v) is 10.2. The predicted octanol–water partition coefficient (Wildman–Crippen LogP) is 3.01. The quantitative estimate of drug-likeness (QED) is 0.704. The lowest BCUT2D eigenvalue weighted by Gasteiger charge is -2.01. The van der Waals surface area contributed by atoms with E-state index >= 15 is 0 Å². The number of amides is 1. The molecule has 2 aromatic carbocycles. The summed E-state index contributed by atoms with van der Waals surface area (Å²) in [6.45, 7) is 2.48. The van der Waals surface area contributed by atoms with E-state index in [1.54, 1.807) is 6.07 Å². The Balaban J connectivity index is 2.12. The average molecular weight is 378 g/mol. The summed E-state index contributed by atoms with van der Waals surface area (Å²) < 4.78 is 39.2. The van der Waals surface area contributed by atoms with Crippen molar-refractivity contribution in [1.29, 1.82) is 0 Å². The number of halogens is 1. The number of hydrogen-bond donors (Lipinski definition) is 0. The van der Waals surface area contributed by atoms with Gasteiger partial charge in [-0.05, 0) is 43.3 Å². The molecule has 0 saturated heterocycles. The third kappa shape index (κ3) is 3.54. The molecule has 0 bridgehead atoms. The zero-order valence-corrected chi connectivity index (χ0v) is 15.2. The summed E-state index contributed by atoms with van der Waals surface area (Å²) in [5.41, 5.74) is 0.986. The van der Waals surface area contributed by atoms with Crippen molar-refractivity contribution in [2.45, 2.75) is 18.4 Å². The number of nitrogens with zero attached hydrogens (tertiary/aromatic N) is 2. The van der Waals surface area contributed by atoms with Gasteiger partial charge in [0.1, 0.15) is 5.82 Å². The molecular formula is C17H15FN2O3S2. The highest BCUT2D eigenvalue weighted by Gasteiger charge is 2.12. The predicted molar refractivity (Wildman–Crippen MR) is 94.9 cm³/mol. The smallest absolute Gasteiger partial charge is 0.279 e. The second-order valence-corrected chi connectivity index (χ2v) is 8.48. The van der Waals surface area contributed by atoms with Crippen LogP contribution in [0.2, 0.25) is 0 Å². The average Bonchev–Trinajstić information content (AvgIpc) is 2.90. The monoisotopic (exact) mass is 378 g/mol. The van der Waals surface area contributed by atoms with Crippen molar-refractivity contribution in [2.24, 2.45) is 4.99 Å². The molecule has 8 heteroatoms. The minimum Gasteiger partial charge on any atom is -0.317 e. The molecule has 5 nitrogen and oxygen atoms in total. The number of rotatable bonds is 3. The highest BCUT2D eigenvalue weighted by molar-refractivity contribution is 7.90. The third-order valence-corrected chi connectivity index (χ3v) is 5.82. The fourth-order valence-corrected chi connectivity index (χ4v) is 4.23. The summed E-state index contributed by atoms with van der Waals surface area (Å²) in [5.74, 6) is -0.893. The van der Waals surface area contributed by atoms with E-state index in [4.69, 9.17) is 0 Å². The third-order valence-electron chi connectivity index (χ3n) is 3.67. The zero-order valence-electron chi connectivity index (χ0n) is 13.6. The Morgan fingerprint density at radius 2 is 2.00 bits per heavy atom. The first-order chi connectivity index (χ1) is 11.8. The molecule has 0 saturated carbocycles. The van der Waals surface area contributed by atoms with Gasteiger partial charge in [0.2, 0.25) is 0 Å². The molecule has 0 aliphatic carbocycles. The first-order valence-electron chi connectivity index (χ1n) is 7.47. The van der Waals surface area contributed by atoms with Gasteiger partial charge < -0.3 is 4.57 Å². The van der Waals surface area contributed by atoms with Crippen LogP contribution in [0.15, 0.2) is 52.4 Å². The number of benzene rings is 2. The Hall–Kier alpha value is -2.32. The van der Waals surface area contributed by atoms with E-state index in [2.05, 4.69) is 4.99 Å². The Morgan fingerprint density at radius 1 is 1.24 bits per heavy atom. The second kappa shape index (κ2) is 6.53. The molecule has 0 N–H and O–H groups in total. The number of aromatic nitrogens is 1. The normalized spacial score (nSPS) is 12.7. The van der Waals surface area contributed by atoms with Crippen molar-refractivity contribution in [2.75, 3.05) is 6.26 Å². The van der Waals surface area contributed by atoms with Crippen LogP contribution in [0.4, 0.5) is 4.39 Å². The lowest BCUT2D eigenvalue weighted by Crippen LogP contribution is -2.16. The number of carbonyl (C=O) groups is 1. The summed E-state index contributed by atoms with van der Waals surface area (Å²) in [6, 6.07) is 10.2. The number of carbonyl (C=O) groups excluding carboxylic acids is 1. The summed E-state index contributed by atoms with van der Waals surface area (Å²) >= 11 is 1.21. The Labute approximate surface area is 148 Å². The van der Waals surface area contributed by atoms with Crippen LogP contribution in [0.1, 0.15) is 17.3 Å². The molecule has 0 spiro atoms. The van der Waals surface area contributed by atoms with Crippen LogP contribution in [0.3, 0.4) is 0 Å². The molecule has 25 heavy (non-hydrogen) atoms. The van der Waals surface area contributed by atoms with Gasteiger partial charge in [-0.1, -0.05) is 17.4 Å². The molecule has 0 unspecified atom stereocenters. The fourth-order valence-electron chi connectivity index (χ4n) is 2.45. The molecule has 0 fully saturated rings. The zero-order chi connectivity index (χ0) is 18.2. The maximum atomic E-state index is 13.4. The maximum absolute atomic E-state index is 13.4. The van der Waals surface area contributed by atoms with Gasteiger partial charge in [-0.15, -0.1) is 0 Å². The fraction of sp³-hybridized carbons (Fsp3) is 0.176. The lowest BCUT2D eigenvalue weighted by atomic mass is 10.2. The largest absolute Gasteiger partial charge is 0.317 e. The van der Waals surface area contributed by atoms with Crippen molar-refractivity contribution in [3.63, 3.8) is 0 Å². The van der Waals surface area contributed by atoms with Crippen LogP contribution >= 0.6 is 11.3 Å². The number of hydrogen-bond acceptors (Lipinski definition) is 4. The van der Waals surface area contributed by atoms with Crippen molar-refractivity contribution in [3.8, 4) is 0 Å². The van der Waals surface area contributed by atoms with Crippen molar-refractivity contribution in [1.82, 2.24) is 4.57 Å². The molecule has 1 amide bonds. The van der Waals surface area contributed by atoms with Crippen molar-refractivity contribution >= 4 is 37.3 Å². The van der Waals surface area contributed by atoms with E-state index in [9.17, 15) is 17.6 Å². The van der Waals surface area contributed by atoms with Crippen LogP contribution < -0.4 is 4.80 Å². The SMILES string of the molecule is CCn1c(=NC(=O)c2cccc(S(C)(=O)=O)c2)sc2cc(F)ccc21. The van der Waals surface area contributed by atoms with E-state index in [0.717, 1.165) is 11.8 Å². The van der Waals surface area contributed by atoms with E-state index in [-0.39, 0.29) is 16.3 Å². The van der Waals surface area contributed by atoms with Gasteiger partial charge in [0, 0.05) is 18.4 Å². The Morgan fingerprint density at radius 3 is 2.68 bits per heavy atom. The molecule has 3 rings (SSSR count). The van der Waals surface area contributed by atoms with E-state index in [1.165, 1.54) is 47.7 Å². The number of fused-ring (bicyclic) bond motifs is 1. The maximum Gasteiger partial charge on any atom is 0.279 e. The summed E-state index contributed by atoms with van der Waals surface area (Å²) in [7, 11) is -3.41. The highest BCUT2D eigenvalue weighted by atomic mass is 32.2. The van der Waals surface area contributed by atoms with Gasteiger partial charge in [-0.2, -0.15) is 4.99 Å². The van der Waals surface area contributed by atoms with Crippen LogP contribution in [-0.4, -0.2) is 25.1 Å². The molecule has 1 heterocycles. The molecular weight excluding hydrogens is 363 g/mol.